The van der Waals surface area contributed by atoms with Gasteiger partial charge in [-0.15, -0.1) is 0 Å². The maximum atomic E-state index is 5.99. The van der Waals surface area contributed by atoms with Crippen LogP contribution in [0.4, 0.5) is 11.4 Å². The Morgan fingerprint density at radius 2 is 2.06 bits per heavy atom. The third-order valence-corrected chi connectivity index (χ3v) is 3.34. The molecule has 2 rings (SSSR count). The highest BCUT2D eigenvalue weighted by Gasteiger charge is 2.08. The third-order valence-electron chi connectivity index (χ3n) is 3.34. The van der Waals surface area contributed by atoms with Crippen molar-refractivity contribution in [2.75, 3.05) is 11.1 Å². The van der Waals surface area contributed by atoms with Crippen LogP contribution in [0.1, 0.15) is 33.1 Å². The van der Waals surface area contributed by atoms with E-state index in [9.17, 15) is 0 Å². The van der Waals surface area contributed by atoms with Gasteiger partial charge in [-0.1, -0.05) is 20.3 Å². The molecule has 18 heavy (non-hydrogen) atoms. The Hall–Kier alpha value is -1.77. The molecule has 0 aliphatic heterocycles. The third kappa shape index (κ3) is 2.55. The summed E-state index contributed by atoms with van der Waals surface area (Å²) >= 11 is 0. The number of fused-ring (bicyclic) bond motifs is 1. The summed E-state index contributed by atoms with van der Waals surface area (Å²) in [5, 5.41) is 5.78. The van der Waals surface area contributed by atoms with E-state index < -0.39 is 0 Å². The van der Waals surface area contributed by atoms with Crippen molar-refractivity contribution in [1.82, 2.24) is 4.98 Å². The normalized spacial score (nSPS) is 12.6. The zero-order valence-corrected chi connectivity index (χ0v) is 11.1. The molecule has 2 aromatic rings. The minimum atomic E-state index is 0.516. The summed E-state index contributed by atoms with van der Waals surface area (Å²) in [4.78, 5) is 4.20. The topological polar surface area (TPSA) is 50.9 Å². The van der Waals surface area contributed by atoms with Crippen LogP contribution >= 0.6 is 0 Å². The number of rotatable bonds is 5. The van der Waals surface area contributed by atoms with Gasteiger partial charge < -0.3 is 11.1 Å². The van der Waals surface area contributed by atoms with Crippen molar-refractivity contribution in [2.45, 2.75) is 39.2 Å². The Balaban J connectivity index is 2.36. The SMILES string of the molecule is CCCC(CC)Nc1ccc(N)c2ccncc12. The smallest absolute Gasteiger partial charge is 0.0439 e. The molecule has 0 radical (unpaired) electrons. The first-order valence-corrected chi connectivity index (χ1v) is 6.65. The maximum Gasteiger partial charge on any atom is 0.0439 e. The lowest BCUT2D eigenvalue weighted by Gasteiger charge is -2.19. The summed E-state index contributed by atoms with van der Waals surface area (Å²) in [6.45, 7) is 4.43. The number of aromatic nitrogens is 1. The molecule has 0 aliphatic rings. The number of anilines is 2. The van der Waals surface area contributed by atoms with E-state index in [0.717, 1.165) is 28.6 Å². The highest BCUT2D eigenvalue weighted by Crippen LogP contribution is 2.28. The monoisotopic (exact) mass is 243 g/mol. The zero-order valence-electron chi connectivity index (χ0n) is 11.1. The predicted octanol–water partition coefficient (Wildman–Crippen LogP) is 3.81. The molecule has 0 saturated heterocycles. The lowest BCUT2D eigenvalue weighted by atomic mass is 10.1. The van der Waals surface area contributed by atoms with E-state index in [-0.39, 0.29) is 0 Å². The quantitative estimate of drug-likeness (QED) is 0.785. The van der Waals surface area contributed by atoms with Gasteiger partial charge >= 0.3 is 0 Å². The van der Waals surface area contributed by atoms with Crippen molar-refractivity contribution in [3.8, 4) is 0 Å². The lowest BCUT2D eigenvalue weighted by Crippen LogP contribution is -2.18. The van der Waals surface area contributed by atoms with Gasteiger partial charge in [0.25, 0.3) is 0 Å². The lowest BCUT2D eigenvalue weighted by molar-refractivity contribution is 0.623. The molecule has 0 saturated carbocycles. The van der Waals surface area contributed by atoms with Gasteiger partial charge in [0.05, 0.1) is 0 Å². The molecular weight excluding hydrogens is 222 g/mol. The number of nitrogens with two attached hydrogens (primary N) is 1. The van der Waals surface area contributed by atoms with Crippen LogP contribution in [0.2, 0.25) is 0 Å². The molecule has 0 aliphatic carbocycles. The first-order valence-electron chi connectivity index (χ1n) is 6.65. The Morgan fingerprint density at radius 3 is 2.78 bits per heavy atom. The van der Waals surface area contributed by atoms with Gasteiger partial charge in [-0.3, -0.25) is 4.98 Å². The van der Waals surface area contributed by atoms with Gasteiger partial charge in [0.2, 0.25) is 0 Å². The molecule has 1 aromatic heterocycles. The van der Waals surface area contributed by atoms with E-state index in [1.807, 2.05) is 18.3 Å². The first kappa shape index (κ1) is 12.7. The van der Waals surface area contributed by atoms with Crippen LogP contribution in [0.5, 0.6) is 0 Å². The van der Waals surface area contributed by atoms with E-state index in [1.165, 1.54) is 12.8 Å². The van der Waals surface area contributed by atoms with E-state index in [1.54, 1.807) is 6.20 Å². The average Bonchev–Trinajstić information content (AvgIpc) is 2.41. The minimum Gasteiger partial charge on any atom is -0.398 e. The summed E-state index contributed by atoms with van der Waals surface area (Å²) in [6.07, 6.45) is 7.16. The Kier molecular flexibility index (Phi) is 4.03. The van der Waals surface area contributed by atoms with Crippen LogP contribution < -0.4 is 11.1 Å². The number of benzene rings is 1. The minimum absolute atomic E-state index is 0.516. The van der Waals surface area contributed by atoms with Crippen molar-refractivity contribution in [2.24, 2.45) is 0 Å². The fourth-order valence-corrected chi connectivity index (χ4v) is 2.29. The number of pyridine rings is 1. The summed E-state index contributed by atoms with van der Waals surface area (Å²) < 4.78 is 0. The van der Waals surface area contributed by atoms with Gasteiger partial charge in [0.15, 0.2) is 0 Å². The molecule has 0 bridgehead atoms. The van der Waals surface area contributed by atoms with Crippen molar-refractivity contribution < 1.29 is 0 Å². The van der Waals surface area contributed by atoms with Crippen LogP contribution in [-0.4, -0.2) is 11.0 Å². The van der Waals surface area contributed by atoms with Crippen LogP contribution in [0, 0.1) is 0 Å². The molecule has 0 amide bonds. The van der Waals surface area contributed by atoms with E-state index in [0.29, 0.717) is 6.04 Å². The molecule has 96 valence electrons. The molecule has 1 heterocycles. The molecule has 3 N–H and O–H groups in total. The summed E-state index contributed by atoms with van der Waals surface area (Å²) in [6, 6.07) is 6.50. The zero-order chi connectivity index (χ0) is 13.0. The first-order chi connectivity index (χ1) is 8.76. The number of hydrogen-bond donors (Lipinski definition) is 2. The highest BCUT2D eigenvalue weighted by atomic mass is 14.9. The highest BCUT2D eigenvalue weighted by molar-refractivity contribution is 6.00. The standard InChI is InChI=1S/C15H21N3/c1-3-5-11(4-2)18-15-7-6-14(16)12-8-9-17-10-13(12)15/h6-11,18H,3-5,16H2,1-2H3. The molecule has 1 unspecified atom stereocenters. The van der Waals surface area contributed by atoms with Crippen LogP contribution in [0.15, 0.2) is 30.6 Å². The summed E-state index contributed by atoms with van der Waals surface area (Å²) in [7, 11) is 0. The van der Waals surface area contributed by atoms with Gasteiger partial charge in [-0.25, -0.2) is 0 Å². The van der Waals surface area contributed by atoms with Gasteiger partial charge in [0, 0.05) is 40.6 Å². The van der Waals surface area contributed by atoms with Crippen molar-refractivity contribution in [1.29, 1.82) is 0 Å². The van der Waals surface area contributed by atoms with E-state index in [2.05, 4.69) is 30.2 Å². The molecule has 0 fully saturated rings. The number of nitrogen functional groups attached to an aromatic ring is 1. The maximum absolute atomic E-state index is 5.99. The van der Waals surface area contributed by atoms with E-state index >= 15 is 0 Å². The Bertz CT molecular complexity index is 522. The Labute approximate surface area is 108 Å². The molecular formula is C15H21N3. The second-order valence-electron chi connectivity index (χ2n) is 4.66. The number of nitrogens with one attached hydrogen (secondary N) is 1. The van der Waals surface area contributed by atoms with Crippen molar-refractivity contribution in [3.63, 3.8) is 0 Å². The Morgan fingerprint density at radius 1 is 1.22 bits per heavy atom. The van der Waals surface area contributed by atoms with Gasteiger partial charge in [-0.05, 0) is 31.0 Å². The molecule has 3 heteroatoms. The summed E-state index contributed by atoms with van der Waals surface area (Å²) in [5.74, 6) is 0. The van der Waals surface area contributed by atoms with E-state index in [4.69, 9.17) is 5.73 Å². The largest absolute Gasteiger partial charge is 0.398 e. The predicted molar refractivity (Wildman–Crippen MR) is 78.8 cm³/mol. The molecule has 1 atom stereocenters. The number of hydrogen-bond acceptors (Lipinski definition) is 3. The summed E-state index contributed by atoms with van der Waals surface area (Å²) in [5.41, 5.74) is 7.93. The number of nitrogens with zero attached hydrogens (tertiary/aromatic N) is 1. The second kappa shape index (κ2) is 5.71. The fourth-order valence-electron chi connectivity index (χ4n) is 2.29. The average molecular weight is 243 g/mol. The van der Waals surface area contributed by atoms with Crippen molar-refractivity contribution in [3.05, 3.63) is 30.6 Å². The molecule has 1 aromatic carbocycles. The van der Waals surface area contributed by atoms with Crippen molar-refractivity contribution >= 4 is 22.1 Å². The van der Waals surface area contributed by atoms with Crippen LogP contribution in [0.25, 0.3) is 10.8 Å². The van der Waals surface area contributed by atoms with Crippen LogP contribution in [0.3, 0.4) is 0 Å². The van der Waals surface area contributed by atoms with Gasteiger partial charge in [0.1, 0.15) is 0 Å². The van der Waals surface area contributed by atoms with Gasteiger partial charge in [-0.2, -0.15) is 0 Å². The van der Waals surface area contributed by atoms with Crippen LogP contribution in [-0.2, 0) is 0 Å². The second-order valence-corrected chi connectivity index (χ2v) is 4.66. The molecule has 0 spiro atoms. The fraction of sp³-hybridized carbons (Fsp3) is 0.400. The molecule has 3 nitrogen and oxygen atoms in total.